The number of nitrogens with one attached hydrogen (secondary N) is 1. The summed E-state index contributed by atoms with van der Waals surface area (Å²) in [7, 11) is 0. The van der Waals surface area contributed by atoms with Crippen molar-refractivity contribution in [2.75, 3.05) is 11.2 Å². The fourth-order valence-corrected chi connectivity index (χ4v) is 2.50. The van der Waals surface area contributed by atoms with Crippen molar-refractivity contribution >= 4 is 34.3 Å². The summed E-state index contributed by atoms with van der Waals surface area (Å²) in [5.41, 5.74) is 4.29. The maximum absolute atomic E-state index is 11.4. The van der Waals surface area contributed by atoms with E-state index in [4.69, 9.17) is 16.0 Å². The molecule has 0 aliphatic heterocycles. The molecule has 24 heavy (non-hydrogen) atoms. The lowest BCUT2D eigenvalue weighted by atomic mass is 9.87. The number of hydrogen-bond donors (Lipinski definition) is 1. The van der Waals surface area contributed by atoms with E-state index in [2.05, 4.69) is 43.2 Å². The molecule has 0 saturated heterocycles. The Morgan fingerprint density at radius 2 is 1.88 bits per heavy atom. The van der Waals surface area contributed by atoms with Gasteiger partial charge in [-0.3, -0.25) is 4.79 Å². The zero-order valence-corrected chi connectivity index (χ0v) is 14.6. The highest BCUT2D eigenvalue weighted by molar-refractivity contribution is 6.29. The third-order valence-electron chi connectivity index (χ3n) is 3.79. The van der Waals surface area contributed by atoms with Crippen molar-refractivity contribution < 1.29 is 9.21 Å². The van der Waals surface area contributed by atoms with Crippen LogP contribution in [0.5, 0.6) is 0 Å². The van der Waals surface area contributed by atoms with Crippen LogP contribution >= 0.6 is 11.6 Å². The second-order valence-electron chi connectivity index (χ2n) is 6.71. The number of carbonyl (C=O) groups is 1. The third-order valence-corrected chi connectivity index (χ3v) is 4.03. The van der Waals surface area contributed by atoms with Crippen molar-refractivity contribution in [2.24, 2.45) is 0 Å². The predicted octanol–water partition coefficient (Wildman–Crippen LogP) is 4.97. The smallest absolute Gasteiger partial charge is 0.239 e. The van der Waals surface area contributed by atoms with Gasteiger partial charge < -0.3 is 9.73 Å². The molecule has 4 nitrogen and oxygen atoms in total. The molecule has 0 unspecified atom stereocenters. The van der Waals surface area contributed by atoms with E-state index in [0.29, 0.717) is 17.2 Å². The summed E-state index contributed by atoms with van der Waals surface area (Å²) in [5, 5.41) is 2.70. The Balaban J connectivity index is 1.91. The topological polar surface area (TPSA) is 55.1 Å². The summed E-state index contributed by atoms with van der Waals surface area (Å²) >= 11 is 5.50. The summed E-state index contributed by atoms with van der Waals surface area (Å²) in [4.78, 5) is 15.9. The molecule has 3 aromatic rings. The van der Waals surface area contributed by atoms with Gasteiger partial charge in [-0.2, -0.15) is 0 Å². The van der Waals surface area contributed by atoms with E-state index >= 15 is 0 Å². The van der Waals surface area contributed by atoms with E-state index in [1.807, 2.05) is 18.2 Å². The number of amides is 1. The molecule has 1 heterocycles. The lowest BCUT2D eigenvalue weighted by molar-refractivity contribution is -0.113. The van der Waals surface area contributed by atoms with Crippen LogP contribution in [0.15, 0.2) is 46.9 Å². The minimum atomic E-state index is -0.256. The van der Waals surface area contributed by atoms with Gasteiger partial charge in [0.2, 0.25) is 11.8 Å². The second-order valence-corrected chi connectivity index (χ2v) is 6.98. The lowest BCUT2D eigenvalue weighted by Gasteiger charge is -2.18. The largest absolute Gasteiger partial charge is 0.436 e. The number of oxazole rings is 1. The number of carbonyl (C=O) groups excluding carboxylic acids is 1. The molecule has 124 valence electrons. The Bertz CT molecular complexity index is 877. The van der Waals surface area contributed by atoms with E-state index in [0.717, 1.165) is 11.1 Å². The van der Waals surface area contributed by atoms with Gasteiger partial charge in [0.15, 0.2) is 5.58 Å². The van der Waals surface area contributed by atoms with Crippen LogP contribution in [-0.4, -0.2) is 16.8 Å². The third kappa shape index (κ3) is 3.44. The molecule has 3 rings (SSSR count). The molecule has 1 N–H and O–H groups in total. The monoisotopic (exact) mass is 342 g/mol. The highest BCUT2D eigenvalue weighted by atomic mass is 35.5. The first kappa shape index (κ1) is 16.5. The molecule has 1 amide bonds. The molecule has 0 bridgehead atoms. The molecule has 0 fully saturated rings. The Morgan fingerprint density at radius 3 is 2.50 bits per heavy atom. The van der Waals surface area contributed by atoms with E-state index in [1.165, 1.54) is 5.56 Å². The van der Waals surface area contributed by atoms with Gasteiger partial charge in [0.1, 0.15) is 11.4 Å². The van der Waals surface area contributed by atoms with Gasteiger partial charge in [0.25, 0.3) is 0 Å². The van der Waals surface area contributed by atoms with Gasteiger partial charge in [0.05, 0.1) is 0 Å². The highest BCUT2D eigenvalue weighted by Crippen LogP contribution is 2.29. The molecule has 2 aromatic carbocycles. The first-order valence-corrected chi connectivity index (χ1v) is 8.27. The number of halogens is 1. The summed E-state index contributed by atoms with van der Waals surface area (Å²) in [6.45, 7) is 6.54. The van der Waals surface area contributed by atoms with Crippen molar-refractivity contribution in [3.05, 3.63) is 48.0 Å². The van der Waals surface area contributed by atoms with E-state index in [9.17, 15) is 4.79 Å². The van der Waals surface area contributed by atoms with Gasteiger partial charge in [-0.1, -0.05) is 32.9 Å². The molecule has 5 heteroatoms. The number of benzene rings is 2. The summed E-state index contributed by atoms with van der Waals surface area (Å²) < 4.78 is 5.84. The van der Waals surface area contributed by atoms with Gasteiger partial charge in [-0.05, 0) is 35.2 Å². The van der Waals surface area contributed by atoms with E-state index < -0.39 is 0 Å². The van der Waals surface area contributed by atoms with Crippen LogP contribution in [0.2, 0.25) is 0 Å². The number of nitrogens with zero attached hydrogens (tertiary/aromatic N) is 1. The SMILES string of the molecule is CC(C)(C)c1ccc(-c2nc3ccc(NC(=O)CCl)cc3o2)cc1. The number of alkyl halides is 1. The fourth-order valence-electron chi connectivity index (χ4n) is 2.43. The van der Waals surface area contributed by atoms with E-state index in [-0.39, 0.29) is 17.2 Å². The summed E-state index contributed by atoms with van der Waals surface area (Å²) in [6.07, 6.45) is 0. The first-order chi connectivity index (χ1) is 11.4. The van der Waals surface area contributed by atoms with E-state index in [1.54, 1.807) is 12.1 Å². The lowest BCUT2D eigenvalue weighted by Crippen LogP contribution is -2.12. The Kier molecular flexibility index (Phi) is 4.33. The Labute approximate surface area is 145 Å². The number of rotatable bonds is 3. The van der Waals surface area contributed by atoms with Crippen LogP contribution in [-0.2, 0) is 10.2 Å². The molecule has 0 spiro atoms. The highest BCUT2D eigenvalue weighted by Gasteiger charge is 2.15. The first-order valence-electron chi connectivity index (χ1n) is 7.74. The average Bonchev–Trinajstić information content (AvgIpc) is 2.97. The Hall–Kier alpha value is -2.33. The Morgan fingerprint density at radius 1 is 1.17 bits per heavy atom. The maximum Gasteiger partial charge on any atom is 0.239 e. The van der Waals surface area contributed by atoms with Gasteiger partial charge in [0, 0.05) is 17.3 Å². The zero-order valence-electron chi connectivity index (χ0n) is 13.9. The molecule has 1 aromatic heterocycles. The van der Waals surface area contributed by atoms with Crippen LogP contribution in [0.4, 0.5) is 5.69 Å². The van der Waals surface area contributed by atoms with Crippen molar-refractivity contribution in [2.45, 2.75) is 26.2 Å². The standard InChI is InChI=1S/C19H19ClN2O2/c1-19(2,3)13-6-4-12(5-7-13)18-22-15-9-8-14(10-16(15)24-18)21-17(23)11-20/h4-10H,11H2,1-3H3,(H,21,23). The molecular formula is C19H19ClN2O2. The van der Waals surface area contributed by atoms with Crippen molar-refractivity contribution in [3.63, 3.8) is 0 Å². The summed E-state index contributed by atoms with van der Waals surface area (Å²) in [6, 6.07) is 13.6. The quantitative estimate of drug-likeness (QED) is 0.684. The fraction of sp³-hybridized carbons (Fsp3) is 0.263. The number of hydrogen-bond acceptors (Lipinski definition) is 3. The number of anilines is 1. The molecule has 0 saturated carbocycles. The predicted molar refractivity (Wildman–Crippen MR) is 97.5 cm³/mol. The normalized spacial score (nSPS) is 11.7. The molecule has 0 aliphatic carbocycles. The second kappa shape index (κ2) is 6.29. The van der Waals surface area contributed by atoms with Gasteiger partial charge in [-0.15, -0.1) is 11.6 Å². The van der Waals surface area contributed by atoms with Crippen LogP contribution in [0.1, 0.15) is 26.3 Å². The minimum Gasteiger partial charge on any atom is -0.436 e. The number of aromatic nitrogens is 1. The van der Waals surface area contributed by atoms with Gasteiger partial charge in [-0.25, -0.2) is 4.98 Å². The summed E-state index contributed by atoms with van der Waals surface area (Å²) in [5.74, 6) is 0.222. The van der Waals surface area contributed by atoms with Crippen LogP contribution in [0.3, 0.4) is 0 Å². The molecule has 0 radical (unpaired) electrons. The van der Waals surface area contributed by atoms with Crippen molar-refractivity contribution in [3.8, 4) is 11.5 Å². The van der Waals surface area contributed by atoms with Crippen molar-refractivity contribution in [1.29, 1.82) is 0 Å². The van der Waals surface area contributed by atoms with Crippen LogP contribution in [0, 0.1) is 0 Å². The maximum atomic E-state index is 11.4. The average molecular weight is 343 g/mol. The number of fused-ring (bicyclic) bond motifs is 1. The van der Waals surface area contributed by atoms with Crippen molar-refractivity contribution in [1.82, 2.24) is 4.98 Å². The molecule has 0 aliphatic rings. The molecule has 0 atom stereocenters. The minimum absolute atomic E-state index is 0.0835. The van der Waals surface area contributed by atoms with Crippen LogP contribution in [0.25, 0.3) is 22.6 Å². The zero-order chi connectivity index (χ0) is 17.3. The van der Waals surface area contributed by atoms with Crippen LogP contribution < -0.4 is 5.32 Å². The molecular weight excluding hydrogens is 324 g/mol. The van der Waals surface area contributed by atoms with Gasteiger partial charge >= 0.3 is 0 Å².